The quantitative estimate of drug-likeness (QED) is 0.523. The molecule has 5 heteroatoms. The van der Waals surface area contributed by atoms with Crippen molar-refractivity contribution in [2.45, 2.75) is 13.3 Å². The lowest BCUT2D eigenvalue weighted by molar-refractivity contribution is 0.0505. The highest BCUT2D eigenvalue weighted by Gasteiger charge is 2.17. The third-order valence-electron chi connectivity index (χ3n) is 3.43. The zero-order chi connectivity index (χ0) is 17.4. The maximum absolute atomic E-state index is 12.7. The number of halogens is 1. The van der Waals surface area contributed by atoms with Crippen LogP contribution in [0.25, 0.3) is 0 Å². The molecule has 1 amide bonds. The minimum absolute atomic E-state index is 0.0728. The summed E-state index contributed by atoms with van der Waals surface area (Å²) >= 11 is 3.39. The van der Waals surface area contributed by atoms with E-state index in [2.05, 4.69) is 15.9 Å². The third kappa shape index (κ3) is 4.68. The fourth-order valence-electron chi connectivity index (χ4n) is 2.22. The summed E-state index contributed by atoms with van der Waals surface area (Å²) in [5.74, 6) is -0.416. The van der Waals surface area contributed by atoms with Crippen LogP contribution in [0.5, 0.6) is 0 Å². The monoisotopic (exact) mass is 389 g/mol. The minimum atomic E-state index is -0.343. The van der Waals surface area contributed by atoms with Crippen LogP contribution in [0, 0.1) is 0 Å². The van der Waals surface area contributed by atoms with Gasteiger partial charge in [0.15, 0.2) is 0 Å². The van der Waals surface area contributed by atoms with E-state index in [1.54, 1.807) is 41.3 Å². The summed E-state index contributed by atoms with van der Waals surface area (Å²) in [7, 11) is 0. The Bertz CT molecular complexity index is 671. The summed E-state index contributed by atoms with van der Waals surface area (Å²) < 4.78 is 5.11. The molecule has 2 aromatic rings. The van der Waals surface area contributed by atoms with Crippen LogP contribution in [0.2, 0.25) is 0 Å². The highest BCUT2D eigenvalue weighted by Crippen LogP contribution is 2.19. The highest BCUT2D eigenvalue weighted by atomic mass is 79.9. The smallest absolute Gasteiger partial charge is 0.338 e. The van der Waals surface area contributed by atoms with Crippen LogP contribution in [0.1, 0.15) is 34.1 Å². The van der Waals surface area contributed by atoms with Gasteiger partial charge in [-0.3, -0.25) is 4.79 Å². The highest BCUT2D eigenvalue weighted by molar-refractivity contribution is 9.09. The van der Waals surface area contributed by atoms with Crippen molar-refractivity contribution in [3.8, 4) is 0 Å². The summed E-state index contributed by atoms with van der Waals surface area (Å²) in [6.45, 7) is 2.89. The lowest BCUT2D eigenvalue weighted by atomic mass is 10.1. The van der Waals surface area contributed by atoms with E-state index < -0.39 is 0 Å². The molecule has 0 saturated carbocycles. The molecule has 0 heterocycles. The molecule has 0 bridgehead atoms. The molecule has 0 aliphatic heterocycles. The summed E-state index contributed by atoms with van der Waals surface area (Å²) in [5.41, 5.74) is 1.86. The molecule has 0 unspecified atom stereocenters. The van der Waals surface area contributed by atoms with Crippen LogP contribution < -0.4 is 4.90 Å². The van der Waals surface area contributed by atoms with Crippen LogP contribution in [0.3, 0.4) is 0 Å². The molecule has 24 heavy (non-hydrogen) atoms. The van der Waals surface area contributed by atoms with E-state index in [0.29, 0.717) is 29.6 Å². The molecule has 2 rings (SSSR count). The second-order valence-corrected chi connectivity index (χ2v) is 5.99. The van der Waals surface area contributed by atoms with E-state index in [4.69, 9.17) is 4.74 Å². The molecule has 0 aliphatic rings. The van der Waals surface area contributed by atoms with E-state index in [-0.39, 0.29) is 11.9 Å². The first-order valence-electron chi connectivity index (χ1n) is 7.87. The van der Waals surface area contributed by atoms with Crippen LogP contribution >= 0.6 is 15.9 Å². The van der Waals surface area contributed by atoms with Gasteiger partial charge in [0.05, 0.1) is 12.2 Å². The van der Waals surface area contributed by atoms with Crippen molar-refractivity contribution >= 4 is 33.5 Å². The third-order valence-corrected chi connectivity index (χ3v) is 3.78. The number of carbonyl (C=O) groups is 2. The zero-order valence-electron chi connectivity index (χ0n) is 13.6. The van der Waals surface area contributed by atoms with Crippen LogP contribution in [-0.2, 0) is 4.74 Å². The average molecular weight is 390 g/mol. The van der Waals surface area contributed by atoms with E-state index in [9.17, 15) is 9.59 Å². The topological polar surface area (TPSA) is 46.6 Å². The zero-order valence-corrected chi connectivity index (χ0v) is 15.2. The molecule has 4 nitrogen and oxygen atoms in total. The van der Waals surface area contributed by atoms with Crippen molar-refractivity contribution in [2.75, 3.05) is 23.4 Å². The maximum Gasteiger partial charge on any atom is 0.338 e. The number of alkyl halides is 1. The summed E-state index contributed by atoms with van der Waals surface area (Å²) in [5, 5.41) is 0.659. The number of carbonyl (C=O) groups excluding carboxylic acids is 2. The van der Waals surface area contributed by atoms with E-state index in [0.717, 1.165) is 12.1 Å². The van der Waals surface area contributed by atoms with Gasteiger partial charge in [0, 0.05) is 23.1 Å². The maximum atomic E-state index is 12.7. The minimum Gasteiger partial charge on any atom is -0.462 e. The van der Waals surface area contributed by atoms with E-state index in [1.807, 2.05) is 25.1 Å². The van der Waals surface area contributed by atoms with Crippen LogP contribution in [-0.4, -0.2) is 30.4 Å². The number of nitrogens with zero attached hydrogens (tertiary/aromatic N) is 1. The molecule has 0 atom stereocenters. The molecule has 126 valence electrons. The molecule has 0 saturated heterocycles. The molecular formula is C19H20BrNO3. The van der Waals surface area contributed by atoms with Gasteiger partial charge >= 0.3 is 5.97 Å². The van der Waals surface area contributed by atoms with Gasteiger partial charge in [-0.1, -0.05) is 41.1 Å². The fraction of sp³-hybridized carbons (Fsp3) is 0.263. The number of ether oxygens (including phenoxy) is 1. The summed E-state index contributed by atoms with van der Waals surface area (Å²) in [4.78, 5) is 26.3. The molecule has 0 aliphatic carbocycles. The van der Waals surface area contributed by atoms with Crippen molar-refractivity contribution < 1.29 is 14.3 Å². The van der Waals surface area contributed by atoms with E-state index >= 15 is 0 Å². The standard InChI is InChI=1S/C19H20BrNO3/c1-2-14-24-19(23)16-8-10-17(11-9-16)21(13-12-20)18(22)15-6-4-3-5-7-15/h3-11H,2,12-14H2,1H3. The Morgan fingerprint density at radius 1 is 1.00 bits per heavy atom. The van der Waals surface area contributed by atoms with Crippen LogP contribution in [0.15, 0.2) is 54.6 Å². The number of hydrogen-bond donors (Lipinski definition) is 0. The average Bonchev–Trinajstić information content (AvgIpc) is 2.64. The largest absolute Gasteiger partial charge is 0.462 e. The van der Waals surface area contributed by atoms with Gasteiger partial charge in [0.25, 0.3) is 5.91 Å². The van der Waals surface area contributed by atoms with Gasteiger partial charge < -0.3 is 9.64 Å². The number of esters is 1. The first kappa shape index (κ1) is 18.2. The number of anilines is 1. The number of benzene rings is 2. The van der Waals surface area contributed by atoms with Gasteiger partial charge in [-0.25, -0.2) is 4.79 Å². The first-order valence-corrected chi connectivity index (χ1v) is 8.99. The second kappa shape index (κ2) is 9.23. The molecule has 0 N–H and O–H groups in total. The van der Waals surface area contributed by atoms with Gasteiger partial charge in [-0.2, -0.15) is 0 Å². The molecule has 0 radical (unpaired) electrons. The van der Waals surface area contributed by atoms with Crippen molar-refractivity contribution in [3.05, 3.63) is 65.7 Å². The molecule has 0 spiro atoms. The van der Waals surface area contributed by atoms with Crippen LogP contribution in [0.4, 0.5) is 5.69 Å². The second-order valence-electron chi connectivity index (χ2n) is 5.19. The van der Waals surface area contributed by atoms with Gasteiger partial charge in [-0.15, -0.1) is 0 Å². The molecule has 0 aromatic heterocycles. The number of amides is 1. The number of hydrogen-bond acceptors (Lipinski definition) is 3. The Balaban J connectivity index is 2.19. The Hall–Kier alpha value is -2.14. The number of rotatable bonds is 7. The van der Waals surface area contributed by atoms with Crippen molar-refractivity contribution in [3.63, 3.8) is 0 Å². The van der Waals surface area contributed by atoms with Gasteiger partial charge in [0.1, 0.15) is 0 Å². The Morgan fingerprint density at radius 3 is 2.25 bits per heavy atom. The predicted molar refractivity (Wildman–Crippen MR) is 98.9 cm³/mol. The molecular weight excluding hydrogens is 370 g/mol. The van der Waals surface area contributed by atoms with Crippen molar-refractivity contribution in [2.24, 2.45) is 0 Å². The Labute approximate surface area is 150 Å². The summed E-state index contributed by atoms with van der Waals surface area (Å²) in [6.07, 6.45) is 0.786. The molecule has 0 fully saturated rings. The summed E-state index contributed by atoms with van der Waals surface area (Å²) in [6, 6.07) is 16.1. The Morgan fingerprint density at radius 2 is 1.67 bits per heavy atom. The Kier molecular flexibility index (Phi) is 7.00. The fourth-order valence-corrected chi connectivity index (χ4v) is 2.58. The lowest BCUT2D eigenvalue weighted by Gasteiger charge is -2.22. The van der Waals surface area contributed by atoms with Crippen molar-refractivity contribution in [1.29, 1.82) is 0 Å². The first-order chi connectivity index (χ1) is 11.7. The van der Waals surface area contributed by atoms with Gasteiger partial charge in [-0.05, 0) is 42.8 Å². The van der Waals surface area contributed by atoms with Crippen molar-refractivity contribution in [1.82, 2.24) is 0 Å². The normalized spacial score (nSPS) is 10.2. The van der Waals surface area contributed by atoms with E-state index in [1.165, 1.54) is 0 Å². The lowest BCUT2D eigenvalue weighted by Crippen LogP contribution is -2.32. The van der Waals surface area contributed by atoms with Gasteiger partial charge in [0.2, 0.25) is 0 Å². The predicted octanol–water partition coefficient (Wildman–Crippen LogP) is 4.30. The SMILES string of the molecule is CCCOC(=O)c1ccc(N(CCBr)C(=O)c2ccccc2)cc1. The molecule has 2 aromatic carbocycles.